The predicted molar refractivity (Wildman–Crippen MR) is 89.6 cm³/mol. The fourth-order valence-electron chi connectivity index (χ4n) is 2.52. The lowest BCUT2D eigenvalue weighted by atomic mass is 10.3. The lowest BCUT2D eigenvalue weighted by Crippen LogP contribution is -2.52. The highest BCUT2D eigenvalue weighted by Crippen LogP contribution is 2.39. The van der Waals surface area contributed by atoms with Gasteiger partial charge in [-0.25, -0.2) is 8.42 Å². The zero-order valence-electron chi connectivity index (χ0n) is 13.7. The molecule has 132 valence electrons. The molecule has 1 aromatic carbocycles. The Morgan fingerprint density at radius 3 is 2.13 bits per heavy atom. The van der Waals surface area contributed by atoms with Crippen LogP contribution in [0.25, 0.3) is 0 Å². The lowest BCUT2D eigenvalue weighted by molar-refractivity contribution is 0.280. The van der Waals surface area contributed by atoms with Crippen LogP contribution in [0.5, 0.6) is 17.2 Å². The van der Waals surface area contributed by atoms with Gasteiger partial charge in [0.05, 0.1) is 21.3 Å². The van der Waals surface area contributed by atoms with E-state index in [9.17, 15) is 8.42 Å². The predicted octanol–water partition coefficient (Wildman–Crippen LogP) is 1.12. The molecule has 1 aliphatic heterocycles. The van der Waals surface area contributed by atoms with Crippen LogP contribution in [0.3, 0.4) is 0 Å². The first kappa shape index (κ1) is 19.8. The summed E-state index contributed by atoms with van der Waals surface area (Å²) in [7, 11) is 0.617. The molecule has 1 N–H and O–H groups in total. The van der Waals surface area contributed by atoms with E-state index in [2.05, 4.69) is 5.32 Å². The third-order valence-electron chi connectivity index (χ3n) is 3.68. The fraction of sp³-hybridized carbons (Fsp3) is 0.571. The molecule has 1 atom stereocenters. The molecule has 0 unspecified atom stereocenters. The zero-order chi connectivity index (χ0) is 16.3. The van der Waals surface area contributed by atoms with Crippen molar-refractivity contribution < 1.29 is 22.6 Å². The molecule has 9 heteroatoms. The molecular formula is C14H23ClN2O5S. The quantitative estimate of drug-likeness (QED) is 0.841. The Morgan fingerprint density at radius 1 is 1.13 bits per heavy atom. The van der Waals surface area contributed by atoms with Crippen LogP contribution in [-0.2, 0) is 10.0 Å². The smallest absolute Gasteiger partial charge is 0.250 e. The van der Waals surface area contributed by atoms with Crippen LogP contribution in [0.4, 0.5) is 0 Å². The maximum atomic E-state index is 13.1. The van der Waals surface area contributed by atoms with Crippen molar-refractivity contribution in [2.45, 2.75) is 17.9 Å². The molecule has 0 aliphatic carbocycles. The van der Waals surface area contributed by atoms with Crippen molar-refractivity contribution >= 4 is 22.4 Å². The molecule has 0 radical (unpaired) electrons. The molecule has 7 nitrogen and oxygen atoms in total. The molecule has 0 aromatic heterocycles. The topological polar surface area (TPSA) is 77.1 Å². The van der Waals surface area contributed by atoms with Crippen LogP contribution in [0.1, 0.15) is 6.92 Å². The van der Waals surface area contributed by atoms with E-state index in [4.69, 9.17) is 14.2 Å². The Kier molecular flexibility index (Phi) is 6.94. The average molecular weight is 367 g/mol. The second kappa shape index (κ2) is 8.05. The summed E-state index contributed by atoms with van der Waals surface area (Å²) < 4.78 is 43.3. The zero-order valence-corrected chi connectivity index (χ0v) is 15.3. The van der Waals surface area contributed by atoms with Gasteiger partial charge in [0.1, 0.15) is 17.2 Å². The number of sulfonamides is 1. The van der Waals surface area contributed by atoms with Gasteiger partial charge in [-0.1, -0.05) is 0 Å². The summed E-state index contributed by atoms with van der Waals surface area (Å²) in [6.07, 6.45) is 0. The summed E-state index contributed by atoms with van der Waals surface area (Å²) in [6, 6.07) is 2.94. The van der Waals surface area contributed by atoms with Gasteiger partial charge in [-0.2, -0.15) is 4.31 Å². The van der Waals surface area contributed by atoms with Gasteiger partial charge < -0.3 is 19.5 Å². The second-order valence-corrected chi connectivity index (χ2v) is 6.86. The van der Waals surface area contributed by atoms with E-state index in [1.165, 1.54) is 25.6 Å². The second-order valence-electron chi connectivity index (χ2n) is 5.03. The Labute approximate surface area is 143 Å². The lowest BCUT2D eigenvalue weighted by Gasteiger charge is -2.33. The Hall–Kier alpha value is -1.22. The Bertz CT molecular complexity index is 613. The van der Waals surface area contributed by atoms with Gasteiger partial charge in [-0.05, 0) is 6.92 Å². The van der Waals surface area contributed by atoms with Crippen molar-refractivity contribution in [1.82, 2.24) is 9.62 Å². The summed E-state index contributed by atoms with van der Waals surface area (Å²) >= 11 is 0. The fourth-order valence-corrected chi connectivity index (χ4v) is 4.43. The highest BCUT2D eigenvalue weighted by Gasteiger charge is 2.36. The van der Waals surface area contributed by atoms with E-state index in [0.717, 1.165) is 0 Å². The van der Waals surface area contributed by atoms with E-state index in [1.807, 2.05) is 6.92 Å². The largest absolute Gasteiger partial charge is 0.496 e. The van der Waals surface area contributed by atoms with Crippen LogP contribution >= 0.6 is 12.4 Å². The molecule has 0 amide bonds. The summed E-state index contributed by atoms with van der Waals surface area (Å²) in [5.41, 5.74) is 0. The minimum absolute atomic E-state index is 0. The van der Waals surface area contributed by atoms with Crippen LogP contribution < -0.4 is 19.5 Å². The highest BCUT2D eigenvalue weighted by atomic mass is 35.5. The maximum Gasteiger partial charge on any atom is 0.250 e. The molecule has 0 bridgehead atoms. The van der Waals surface area contributed by atoms with Gasteiger partial charge >= 0.3 is 0 Å². The van der Waals surface area contributed by atoms with E-state index in [0.29, 0.717) is 25.4 Å². The van der Waals surface area contributed by atoms with Crippen LogP contribution in [0.2, 0.25) is 0 Å². The molecule has 1 saturated heterocycles. The maximum absolute atomic E-state index is 13.1. The van der Waals surface area contributed by atoms with E-state index in [-0.39, 0.29) is 34.8 Å². The molecule has 2 rings (SSSR count). The van der Waals surface area contributed by atoms with Crippen molar-refractivity contribution in [3.63, 3.8) is 0 Å². The van der Waals surface area contributed by atoms with Crippen molar-refractivity contribution in [1.29, 1.82) is 0 Å². The number of halogens is 1. The molecule has 0 saturated carbocycles. The summed E-state index contributed by atoms with van der Waals surface area (Å²) in [4.78, 5) is 0.0343. The molecule has 0 spiro atoms. The van der Waals surface area contributed by atoms with Crippen molar-refractivity contribution in [2.24, 2.45) is 0 Å². The number of hydrogen-bond acceptors (Lipinski definition) is 6. The average Bonchev–Trinajstić information content (AvgIpc) is 2.53. The highest BCUT2D eigenvalue weighted by molar-refractivity contribution is 7.89. The number of nitrogens with one attached hydrogen (secondary N) is 1. The summed E-state index contributed by atoms with van der Waals surface area (Å²) in [6.45, 7) is 3.50. The number of nitrogens with zero attached hydrogens (tertiary/aromatic N) is 1. The van der Waals surface area contributed by atoms with Crippen LogP contribution in [0.15, 0.2) is 17.0 Å². The minimum atomic E-state index is -3.73. The molecule has 1 aromatic rings. The van der Waals surface area contributed by atoms with Crippen LogP contribution in [-0.4, -0.2) is 59.7 Å². The standard InChI is InChI=1S/C14H22N2O5S.ClH/c1-10-9-15-5-6-16(10)22(17,18)14-12(20-3)7-11(19-2)8-13(14)21-4;/h7-8,10,15H,5-6,9H2,1-4H3;1H/t10-;/m1./s1. The van der Waals surface area contributed by atoms with Gasteiger partial charge in [-0.3, -0.25) is 0 Å². The van der Waals surface area contributed by atoms with Crippen molar-refractivity contribution in [3.8, 4) is 17.2 Å². The molecular weight excluding hydrogens is 344 g/mol. The first-order valence-corrected chi connectivity index (χ1v) is 8.42. The molecule has 1 aliphatic rings. The molecule has 23 heavy (non-hydrogen) atoms. The van der Waals surface area contributed by atoms with Crippen molar-refractivity contribution in [2.75, 3.05) is 41.0 Å². The summed E-state index contributed by atoms with van der Waals surface area (Å²) in [5.74, 6) is 0.893. The van der Waals surface area contributed by atoms with Gasteiger partial charge in [0.2, 0.25) is 0 Å². The third-order valence-corrected chi connectivity index (χ3v) is 5.76. The van der Waals surface area contributed by atoms with Gasteiger partial charge in [0.25, 0.3) is 10.0 Å². The first-order valence-electron chi connectivity index (χ1n) is 6.98. The minimum Gasteiger partial charge on any atom is -0.496 e. The van der Waals surface area contributed by atoms with Gasteiger partial charge in [0, 0.05) is 37.8 Å². The molecule has 1 fully saturated rings. The monoisotopic (exact) mass is 366 g/mol. The van der Waals surface area contributed by atoms with E-state index in [1.54, 1.807) is 12.1 Å². The Balaban J connectivity index is 0.00000264. The molecule has 1 heterocycles. The van der Waals surface area contributed by atoms with E-state index >= 15 is 0 Å². The number of piperazine rings is 1. The van der Waals surface area contributed by atoms with Gasteiger partial charge in [-0.15, -0.1) is 12.4 Å². The Morgan fingerprint density at radius 2 is 1.70 bits per heavy atom. The number of ether oxygens (including phenoxy) is 3. The first-order chi connectivity index (χ1) is 10.5. The van der Waals surface area contributed by atoms with Gasteiger partial charge in [0.15, 0.2) is 4.90 Å². The van der Waals surface area contributed by atoms with E-state index < -0.39 is 10.0 Å². The SMILES string of the molecule is COc1cc(OC)c(S(=O)(=O)N2CCNC[C@H]2C)c(OC)c1.Cl. The summed E-state index contributed by atoms with van der Waals surface area (Å²) in [5, 5.41) is 3.17. The number of methoxy groups -OCH3 is 3. The number of benzene rings is 1. The van der Waals surface area contributed by atoms with Crippen LogP contribution in [0, 0.1) is 0 Å². The van der Waals surface area contributed by atoms with Crippen molar-refractivity contribution in [3.05, 3.63) is 12.1 Å². The normalized spacial score (nSPS) is 18.9. The number of rotatable bonds is 5. The number of hydrogen-bond donors (Lipinski definition) is 1. The third kappa shape index (κ3) is 3.82.